The van der Waals surface area contributed by atoms with E-state index in [0.717, 1.165) is 51.7 Å². The van der Waals surface area contributed by atoms with E-state index in [-0.39, 0.29) is 16.8 Å². The lowest BCUT2D eigenvalue weighted by molar-refractivity contribution is 0.102. The van der Waals surface area contributed by atoms with E-state index in [1.807, 2.05) is 13.8 Å². The second-order valence-electron chi connectivity index (χ2n) is 8.90. The van der Waals surface area contributed by atoms with Crippen LogP contribution in [0.3, 0.4) is 0 Å². The van der Waals surface area contributed by atoms with Crippen LogP contribution in [0.1, 0.15) is 63.2 Å². The first-order chi connectivity index (χ1) is 17.4. The third-order valence-corrected chi connectivity index (χ3v) is 8.10. The molecule has 1 aromatic heterocycles. The zero-order chi connectivity index (χ0) is 26.0. The van der Waals surface area contributed by atoms with Crippen LogP contribution >= 0.6 is 0 Å². The molecule has 11 heteroatoms. The fourth-order valence-electron chi connectivity index (χ4n) is 3.93. The number of rotatable bonds is 14. The van der Waals surface area contributed by atoms with Crippen LogP contribution in [0.5, 0.6) is 0 Å². The molecule has 4 N–H and O–H groups in total. The highest BCUT2D eigenvalue weighted by molar-refractivity contribution is 7.89. The highest BCUT2D eigenvalue weighted by Crippen LogP contribution is 2.22. The second-order valence-corrected chi connectivity index (χ2v) is 10.8. The Hall–Kier alpha value is -2.76. The lowest BCUT2D eigenvalue weighted by atomic mass is 10.2. The predicted molar refractivity (Wildman–Crippen MR) is 144 cm³/mol. The van der Waals surface area contributed by atoms with Crippen molar-refractivity contribution in [2.24, 2.45) is 0 Å². The smallest absolute Gasteiger partial charge is 0.260 e. The summed E-state index contributed by atoms with van der Waals surface area (Å²) >= 11 is 0. The summed E-state index contributed by atoms with van der Waals surface area (Å²) in [7, 11) is -3.58. The standard InChI is InChI=1S/C25H39N7O3S/c1-4-7-14-27-25-28-18-22(23(31-25)29-20-13-15-26-17-20)24(33)30-19-9-11-21(12-10-19)36(34,35)32(6-3)16-8-5-2/h9-12,18,20,26H,4-8,13-17H2,1-3H3,(H,30,33)(H2,27,28,29,31). The summed E-state index contributed by atoms with van der Waals surface area (Å²) < 4.78 is 27.4. The number of aromatic nitrogens is 2. The zero-order valence-corrected chi connectivity index (χ0v) is 22.3. The molecule has 2 heterocycles. The Morgan fingerprint density at radius 3 is 2.53 bits per heavy atom. The summed E-state index contributed by atoms with van der Waals surface area (Å²) in [5, 5.41) is 12.7. The Balaban J connectivity index is 1.75. The van der Waals surface area contributed by atoms with E-state index in [4.69, 9.17) is 0 Å². The quantitative estimate of drug-likeness (QED) is 0.280. The van der Waals surface area contributed by atoms with Crippen molar-refractivity contribution >= 4 is 33.4 Å². The van der Waals surface area contributed by atoms with Crippen LogP contribution in [0.4, 0.5) is 17.5 Å². The number of hydrogen-bond acceptors (Lipinski definition) is 8. The average Bonchev–Trinajstić information content (AvgIpc) is 3.38. The Morgan fingerprint density at radius 2 is 1.89 bits per heavy atom. The first-order valence-corrected chi connectivity index (χ1v) is 14.3. The molecule has 36 heavy (non-hydrogen) atoms. The number of nitrogens with one attached hydrogen (secondary N) is 4. The zero-order valence-electron chi connectivity index (χ0n) is 21.5. The molecule has 0 radical (unpaired) electrons. The Labute approximate surface area is 214 Å². The van der Waals surface area contributed by atoms with Crippen molar-refractivity contribution in [2.45, 2.75) is 63.8 Å². The number of sulfonamides is 1. The molecule has 0 bridgehead atoms. The number of unbranched alkanes of at least 4 members (excludes halogenated alkanes) is 2. The van der Waals surface area contributed by atoms with Crippen molar-refractivity contribution in [2.75, 3.05) is 48.7 Å². The van der Waals surface area contributed by atoms with Gasteiger partial charge < -0.3 is 21.3 Å². The molecule has 0 saturated carbocycles. The molecule has 1 atom stereocenters. The largest absolute Gasteiger partial charge is 0.365 e. The average molecular weight is 518 g/mol. The van der Waals surface area contributed by atoms with Crippen LogP contribution in [0.2, 0.25) is 0 Å². The monoisotopic (exact) mass is 517 g/mol. The van der Waals surface area contributed by atoms with Gasteiger partial charge in [0.1, 0.15) is 11.4 Å². The number of hydrogen-bond donors (Lipinski definition) is 4. The number of amides is 1. The predicted octanol–water partition coefficient (Wildman–Crippen LogP) is 3.53. The summed E-state index contributed by atoms with van der Waals surface area (Å²) in [4.78, 5) is 22.2. The van der Waals surface area contributed by atoms with Gasteiger partial charge in [0, 0.05) is 44.1 Å². The fourth-order valence-corrected chi connectivity index (χ4v) is 5.42. The van der Waals surface area contributed by atoms with E-state index in [0.29, 0.717) is 36.1 Å². The summed E-state index contributed by atoms with van der Waals surface area (Å²) in [5.41, 5.74) is 0.825. The van der Waals surface area contributed by atoms with Gasteiger partial charge in [-0.1, -0.05) is 33.6 Å². The molecule has 1 amide bonds. The van der Waals surface area contributed by atoms with Crippen LogP contribution < -0.4 is 21.3 Å². The van der Waals surface area contributed by atoms with Gasteiger partial charge in [0.15, 0.2) is 0 Å². The SMILES string of the molecule is CCCCNc1ncc(C(=O)Nc2ccc(S(=O)(=O)N(CC)CCCC)cc2)c(NC2CCNC2)n1. The number of carbonyl (C=O) groups excluding carboxylic acids is 1. The fraction of sp³-hybridized carbons (Fsp3) is 0.560. The highest BCUT2D eigenvalue weighted by atomic mass is 32.2. The lowest BCUT2D eigenvalue weighted by Gasteiger charge is -2.20. The maximum Gasteiger partial charge on any atom is 0.260 e. The van der Waals surface area contributed by atoms with E-state index in [9.17, 15) is 13.2 Å². The minimum absolute atomic E-state index is 0.175. The molecule has 2 aromatic rings. The summed E-state index contributed by atoms with van der Waals surface area (Å²) in [6, 6.07) is 6.44. The first-order valence-electron chi connectivity index (χ1n) is 12.9. The van der Waals surface area contributed by atoms with Crippen LogP contribution in [-0.4, -0.2) is 67.4 Å². The molecule has 3 rings (SSSR count). The van der Waals surface area contributed by atoms with Gasteiger partial charge in [-0.3, -0.25) is 4.79 Å². The molecule has 1 aliphatic heterocycles. The maximum atomic E-state index is 13.1. The molecular weight excluding hydrogens is 478 g/mol. The normalized spacial score (nSPS) is 15.7. The molecular formula is C25H39N7O3S. The molecule has 10 nitrogen and oxygen atoms in total. The molecule has 0 spiro atoms. The van der Waals surface area contributed by atoms with Crippen molar-refractivity contribution in [1.82, 2.24) is 19.6 Å². The van der Waals surface area contributed by atoms with Gasteiger partial charge in [-0.15, -0.1) is 0 Å². The van der Waals surface area contributed by atoms with Gasteiger partial charge in [-0.05, 0) is 50.1 Å². The van der Waals surface area contributed by atoms with Crippen LogP contribution in [-0.2, 0) is 10.0 Å². The summed E-state index contributed by atoms with van der Waals surface area (Å²) in [6.45, 7) is 9.36. The van der Waals surface area contributed by atoms with Crippen molar-refractivity contribution in [1.29, 1.82) is 0 Å². The third-order valence-electron chi connectivity index (χ3n) is 6.11. The minimum atomic E-state index is -3.58. The Bertz CT molecular complexity index is 1090. The van der Waals surface area contributed by atoms with E-state index >= 15 is 0 Å². The molecule has 1 aliphatic rings. The molecule has 1 unspecified atom stereocenters. The Kier molecular flexibility index (Phi) is 10.4. The molecule has 1 saturated heterocycles. The molecule has 1 fully saturated rings. The van der Waals surface area contributed by atoms with E-state index < -0.39 is 10.0 Å². The third kappa shape index (κ3) is 7.37. The van der Waals surface area contributed by atoms with E-state index in [1.165, 1.54) is 22.6 Å². The number of nitrogens with zero attached hydrogens (tertiary/aromatic N) is 3. The van der Waals surface area contributed by atoms with Crippen LogP contribution in [0.25, 0.3) is 0 Å². The van der Waals surface area contributed by atoms with E-state index in [1.54, 1.807) is 12.1 Å². The van der Waals surface area contributed by atoms with Crippen molar-refractivity contribution in [3.63, 3.8) is 0 Å². The van der Waals surface area contributed by atoms with Gasteiger partial charge in [0.2, 0.25) is 16.0 Å². The van der Waals surface area contributed by atoms with E-state index in [2.05, 4.69) is 38.2 Å². The van der Waals surface area contributed by atoms with Gasteiger partial charge in [0.25, 0.3) is 5.91 Å². The molecule has 1 aromatic carbocycles. The van der Waals surface area contributed by atoms with Crippen molar-refractivity contribution in [3.05, 3.63) is 36.0 Å². The number of anilines is 3. The lowest BCUT2D eigenvalue weighted by Crippen LogP contribution is -2.31. The number of carbonyl (C=O) groups is 1. The number of benzene rings is 1. The van der Waals surface area contributed by atoms with Gasteiger partial charge in [-0.25, -0.2) is 13.4 Å². The van der Waals surface area contributed by atoms with Gasteiger partial charge in [0.05, 0.1) is 4.90 Å². The highest BCUT2D eigenvalue weighted by Gasteiger charge is 2.23. The van der Waals surface area contributed by atoms with Crippen molar-refractivity contribution in [3.8, 4) is 0 Å². The molecule has 198 valence electrons. The maximum absolute atomic E-state index is 13.1. The summed E-state index contributed by atoms with van der Waals surface area (Å²) in [5.74, 6) is 0.591. The topological polar surface area (TPSA) is 128 Å². The van der Waals surface area contributed by atoms with Crippen molar-refractivity contribution < 1.29 is 13.2 Å². The minimum Gasteiger partial charge on any atom is -0.365 e. The first kappa shape index (κ1) is 27.8. The van der Waals surface area contributed by atoms with Gasteiger partial charge >= 0.3 is 0 Å². The van der Waals surface area contributed by atoms with Crippen LogP contribution in [0, 0.1) is 0 Å². The summed E-state index contributed by atoms with van der Waals surface area (Å²) in [6.07, 6.45) is 6.25. The second kappa shape index (κ2) is 13.5. The molecule has 0 aliphatic carbocycles. The van der Waals surface area contributed by atoms with Crippen LogP contribution in [0.15, 0.2) is 35.4 Å². The Morgan fingerprint density at radius 1 is 1.14 bits per heavy atom. The van der Waals surface area contributed by atoms with Gasteiger partial charge in [-0.2, -0.15) is 9.29 Å².